The van der Waals surface area contributed by atoms with Gasteiger partial charge in [-0.1, -0.05) is 52.4 Å². The molecule has 4 N–H and O–H groups in total. The van der Waals surface area contributed by atoms with Crippen LogP contribution in [0.15, 0.2) is 0 Å². The molecule has 8 heteroatoms. The number of hydrogen-bond donors (Lipinski definition) is 4. The summed E-state index contributed by atoms with van der Waals surface area (Å²) in [7, 11) is 0. The number of unbranched alkanes of at least 4 members (excludes halogenated alkanes) is 4. The maximum absolute atomic E-state index is 6.56. The number of hydrogen-bond acceptors (Lipinski definition) is 7. The topological polar surface area (TPSA) is 86.8 Å². The summed E-state index contributed by atoms with van der Waals surface area (Å²) in [6, 6.07) is 0.583. The van der Waals surface area contributed by atoms with Gasteiger partial charge in [0.15, 0.2) is 0 Å². The van der Waals surface area contributed by atoms with Gasteiger partial charge >= 0.3 is 0 Å². The monoisotopic (exact) mass is 591 g/mol. The van der Waals surface area contributed by atoms with Crippen LogP contribution in [0.4, 0.5) is 11.9 Å². The first-order valence-corrected chi connectivity index (χ1v) is 16.9. The Morgan fingerprint density at radius 2 is 0.976 bits per heavy atom. The number of anilines is 2. The molecule has 2 unspecified atom stereocenters. The van der Waals surface area contributed by atoms with Gasteiger partial charge in [-0.05, 0) is 117 Å². The molecule has 7 nitrogen and oxygen atoms in total. The van der Waals surface area contributed by atoms with Crippen LogP contribution in [-0.4, -0.2) is 49.2 Å². The van der Waals surface area contributed by atoms with E-state index >= 15 is 0 Å². The molecule has 0 bridgehead atoms. The van der Waals surface area contributed by atoms with E-state index in [0.29, 0.717) is 35.8 Å². The van der Waals surface area contributed by atoms with Crippen molar-refractivity contribution in [2.45, 2.75) is 181 Å². The van der Waals surface area contributed by atoms with E-state index in [2.05, 4.69) is 100 Å². The van der Waals surface area contributed by atoms with E-state index in [1.807, 2.05) is 0 Å². The van der Waals surface area contributed by atoms with Crippen molar-refractivity contribution in [3.63, 3.8) is 0 Å². The van der Waals surface area contributed by atoms with Crippen molar-refractivity contribution in [3.05, 3.63) is 5.28 Å². The highest BCUT2D eigenvalue weighted by atomic mass is 35.5. The first-order chi connectivity index (χ1) is 19.0. The lowest BCUT2D eigenvalue weighted by molar-refractivity contribution is 0.114. The maximum atomic E-state index is 6.56. The van der Waals surface area contributed by atoms with E-state index in [9.17, 15) is 0 Å². The molecule has 236 valence electrons. The third-order valence-corrected chi connectivity index (χ3v) is 9.23. The molecule has 41 heavy (non-hydrogen) atoms. The fourth-order valence-corrected chi connectivity index (χ4v) is 8.42. The Morgan fingerprint density at radius 1 is 0.634 bits per heavy atom. The minimum atomic E-state index is 0.0860. The third kappa shape index (κ3) is 11.1. The lowest BCUT2D eigenvalue weighted by atomic mass is 9.72. The van der Waals surface area contributed by atoms with Crippen LogP contribution in [0.25, 0.3) is 0 Å². The Bertz CT molecular complexity index is 857. The molecule has 2 saturated heterocycles. The summed E-state index contributed by atoms with van der Waals surface area (Å²) in [4.78, 5) is 14.1. The number of piperidine rings is 2. The number of halogens is 1. The lowest BCUT2D eigenvalue weighted by Crippen LogP contribution is -2.60. The number of rotatable bonds is 14. The van der Waals surface area contributed by atoms with Crippen LogP contribution in [0, 0.1) is 11.8 Å². The molecule has 1 aromatic heterocycles. The number of aromatic nitrogens is 3. The first kappa shape index (κ1) is 34.3. The predicted molar refractivity (Wildman–Crippen MR) is 176 cm³/mol. The zero-order valence-electron chi connectivity index (χ0n) is 28.0. The molecule has 2 atom stereocenters. The van der Waals surface area contributed by atoms with Crippen molar-refractivity contribution in [1.29, 1.82) is 0 Å². The Kier molecular flexibility index (Phi) is 11.8. The average molecular weight is 592 g/mol. The van der Waals surface area contributed by atoms with Gasteiger partial charge < -0.3 is 21.3 Å². The first-order valence-electron chi connectivity index (χ1n) is 16.6. The fourth-order valence-electron chi connectivity index (χ4n) is 8.26. The van der Waals surface area contributed by atoms with Gasteiger partial charge in [-0.15, -0.1) is 0 Å². The molecular formula is C33H62ClN7. The second-order valence-electron chi connectivity index (χ2n) is 15.9. The Labute approximate surface area is 257 Å². The minimum Gasteiger partial charge on any atom is -0.351 e. The summed E-state index contributed by atoms with van der Waals surface area (Å²) in [5.41, 5.74) is 0.344. The maximum Gasteiger partial charge on any atom is 0.229 e. The van der Waals surface area contributed by atoms with Gasteiger partial charge in [-0.3, -0.25) is 0 Å². The van der Waals surface area contributed by atoms with Gasteiger partial charge in [0.05, 0.1) is 0 Å². The van der Waals surface area contributed by atoms with Crippen molar-refractivity contribution in [2.75, 3.05) is 10.6 Å². The fraction of sp³-hybridized carbons (Fsp3) is 0.909. The van der Waals surface area contributed by atoms with E-state index in [4.69, 9.17) is 16.6 Å². The zero-order chi connectivity index (χ0) is 30.5. The smallest absolute Gasteiger partial charge is 0.229 e. The predicted octanol–water partition coefficient (Wildman–Crippen LogP) is 8.36. The van der Waals surface area contributed by atoms with Crippen LogP contribution in [0.2, 0.25) is 5.28 Å². The van der Waals surface area contributed by atoms with Crippen molar-refractivity contribution in [3.8, 4) is 0 Å². The van der Waals surface area contributed by atoms with Crippen molar-refractivity contribution in [2.24, 2.45) is 11.8 Å². The van der Waals surface area contributed by atoms with Crippen molar-refractivity contribution in [1.82, 2.24) is 25.6 Å². The second kappa shape index (κ2) is 14.1. The molecule has 0 aliphatic carbocycles. The summed E-state index contributed by atoms with van der Waals surface area (Å²) in [5, 5.41) is 15.5. The molecular weight excluding hydrogens is 530 g/mol. The molecule has 3 rings (SSSR count). The largest absolute Gasteiger partial charge is 0.351 e. The second-order valence-corrected chi connectivity index (χ2v) is 16.2. The molecule has 3 heterocycles. The molecule has 1 aromatic rings. The standard InChI is InChI=1S/C33H62ClN7/c1-11-13-15-17-25(23-19-30(3,4)40-31(5,6)20-23)35-28-37-27(34)38-29(39-28)36-26(18-16-14-12-2)24-21-32(7,8)41-33(9,10)22-24/h23-26,40-41H,11-22H2,1-10H3,(H2,35,36,37,38,39). The molecule has 2 fully saturated rings. The van der Waals surface area contributed by atoms with E-state index in [0.717, 1.165) is 38.5 Å². The molecule has 0 spiro atoms. The molecule has 0 amide bonds. The Hall–Kier alpha value is -1.18. The van der Waals surface area contributed by atoms with Gasteiger partial charge in [0.1, 0.15) is 0 Å². The van der Waals surface area contributed by atoms with Gasteiger partial charge in [0.25, 0.3) is 0 Å². The molecule has 0 saturated carbocycles. The van der Waals surface area contributed by atoms with Gasteiger partial charge in [0.2, 0.25) is 17.2 Å². The van der Waals surface area contributed by atoms with Crippen LogP contribution >= 0.6 is 11.6 Å². The van der Waals surface area contributed by atoms with Crippen LogP contribution in [0.1, 0.15) is 146 Å². The van der Waals surface area contributed by atoms with Crippen LogP contribution in [-0.2, 0) is 0 Å². The SMILES string of the molecule is CCCCCC(Nc1nc(Cl)nc(NC(CCCCC)C2CC(C)(C)NC(C)(C)C2)n1)C1CC(C)(C)NC(C)(C)C1. The highest BCUT2D eigenvalue weighted by Crippen LogP contribution is 2.38. The van der Waals surface area contributed by atoms with Gasteiger partial charge in [0, 0.05) is 34.2 Å². The molecule has 0 radical (unpaired) electrons. The highest BCUT2D eigenvalue weighted by molar-refractivity contribution is 6.28. The number of nitrogens with one attached hydrogen (secondary N) is 4. The summed E-state index contributed by atoms with van der Waals surface area (Å²) < 4.78 is 0. The average Bonchev–Trinajstić information content (AvgIpc) is 2.79. The zero-order valence-corrected chi connectivity index (χ0v) is 28.8. The van der Waals surface area contributed by atoms with E-state index in [1.165, 1.54) is 38.5 Å². The summed E-state index contributed by atoms with van der Waals surface area (Å²) in [5.74, 6) is 2.24. The normalized spacial score (nSPS) is 23.6. The summed E-state index contributed by atoms with van der Waals surface area (Å²) in [6.45, 7) is 23.2. The summed E-state index contributed by atoms with van der Waals surface area (Å²) >= 11 is 6.56. The molecule has 2 aliphatic heterocycles. The van der Waals surface area contributed by atoms with Gasteiger partial charge in [-0.25, -0.2) is 0 Å². The quantitative estimate of drug-likeness (QED) is 0.162. The number of nitrogens with zero attached hydrogens (tertiary/aromatic N) is 3. The van der Waals surface area contributed by atoms with E-state index in [-0.39, 0.29) is 27.4 Å². The van der Waals surface area contributed by atoms with Crippen molar-refractivity contribution >= 4 is 23.5 Å². The van der Waals surface area contributed by atoms with Crippen LogP contribution in [0.3, 0.4) is 0 Å². The lowest BCUT2D eigenvalue weighted by Gasteiger charge is -2.49. The van der Waals surface area contributed by atoms with Crippen LogP contribution < -0.4 is 21.3 Å². The molecule has 0 aromatic carbocycles. The summed E-state index contributed by atoms with van der Waals surface area (Å²) in [6.07, 6.45) is 14.0. The Morgan fingerprint density at radius 3 is 1.29 bits per heavy atom. The van der Waals surface area contributed by atoms with E-state index < -0.39 is 0 Å². The van der Waals surface area contributed by atoms with E-state index in [1.54, 1.807) is 0 Å². The van der Waals surface area contributed by atoms with Crippen molar-refractivity contribution < 1.29 is 0 Å². The third-order valence-electron chi connectivity index (χ3n) is 9.06. The molecule has 2 aliphatic rings. The van der Waals surface area contributed by atoms with Gasteiger partial charge in [-0.2, -0.15) is 15.0 Å². The highest BCUT2D eigenvalue weighted by Gasteiger charge is 2.42. The Balaban J connectivity index is 1.84. The van der Waals surface area contributed by atoms with Crippen LogP contribution in [0.5, 0.6) is 0 Å². The minimum absolute atomic E-state index is 0.0860.